The largest absolute Gasteiger partial charge is 0.456 e. The first-order valence-corrected chi connectivity index (χ1v) is 6.17. The fraction of sp³-hybridized carbons (Fsp3) is 0.615. The maximum Gasteiger partial charge on any atom is 0.287 e. The minimum Gasteiger partial charge on any atom is -0.456 e. The van der Waals surface area contributed by atoms with Crippen LogP contribution in [0.2, 0.25) is 0 Å². The highest BCUT2D eigenvalue weighted by Gasteiger charge is 2.22. The third-order valence-electron chi connectivity index (χ3n) is 3.21. The highest BCUT2D eigenvalue weighted by atomic mass is 35.5. The maximum atomic E-state index is 12.0. The third-order valence-corrected chi connectivity index (χ3v) is 3.21. The van der Waals surface area contributed by atoms with Crippen LogP contribution in [-0.4, -0.2) is 24.5 Å². The SMILES string of the molecule is Cc1cc(C)c(C(=O)NC2CCNC(C)C2)o1.Cl. The summed E-state index contributed by atoms with van der Waals surface area (Å²) in [6.07, 6.45) is 1.96. The number of nitrogens with one attached hydrogen (secondary N) is 2. The van der Waals surface area contributed by atoms with Gasteiger partial charge in [-0.05, 0) is 46.2 Å². The zero-order valence-corrected chi connectivity index (χ0v) is 11.9. The molecule has 1 saturated heterocycles. The zero-order chi connectivity index (χ0) is 12.4. The molecule has 2 rings (SSSR count). The maximum absolute atomic E-state index is 12.0. The summed E-state index contributed by atoms with van der Waals surface area (Å²) in [7, 11) is 0. The van der Waals surface area contributed by atoms with Gasteiger partial charge >= 0.3 is 0 Å². The minimum absolute atomic E-state index is 0. The van der Waals surface area contributed by atoms with Crippen molar-refractivity contribution >= 4 is 18.3 Å². The summed E-state index contributed by atoms with van der Waals surface area (Å²) >= 11 is 0. The van der Waals surface area contributed by atoms with E-state index in [9.17, 15) is 4.79 Å². The van der Waals surface area contributed by atoms with Gasteiger partial charge in [0.05, 0.1) is 0 Å². The lowest BCUT2D eigenvalue weighted by molar-refractivity contribution is 0.0895. The molecule has 1 aliphatic rings. The fourth-order valence-corrected chi connectivity index (χ4v) is 2.38. The summed E-state index contributed by atoms with van der Waals surface area (Å²) in [5, 5.41) is 6.41. The topological polar surface area (TPSA) is 54.3 Å². The zero-order valence-electron chi connectivity index (χ0n) is 11.1. The second-order valence-corrected chi connectivity index (χ2v) is 4.92. The lowest BCUT2D eigenvalue weighted by atomic mass is 10.0. The van der Waals surface area contributed by atoms with Crippen LogP contribution in [0.25, 0.3) is 0 Å². The van der Waals surface area contributed by atoms with Crippen molar-refractivity contribution in [3.8, 4) is 0 Å². The standard InChI is InChI=1S/C13H20N2O2.ClH/c1-8-6-10(3)17-12(8)13(16)15-11-4-5-14-9(2)7-11;/h6,9,11,14H,4-5,7H2,1-3H3,(H,15,16);1H. The Kier molecular flexibility index (Phi) is 5.23. The molecule has 1 aliphatic heterocycles. The van der Waals surface area contributed by atoms with Crippen LogP contribution in [0.3, 0.4) is 0 Å². The second-order valence-electron chi connectivity index (χ2n) is 4.92. The van der Waals surface area contributed by atoms with Crippen LogP contribution in [-0.2, 0) is 0 Å². The molecule has 0 aromatic carbocycles. The number of rotatable bonds is 2. The van der Waals surface area contributed by atoms with Gasteiger partial charge in [-0.1, -0.05) is 0 Å². The van der Waals surface area contributed by atoms with Gasteiger partial charge < -0.3 is 15.1 Å². The van der Waals surface area contributed by atoms with E-state index in [4.69, 9.17) is 4.42 Å². The predicted molar refractivity (Wildman–Crippen MR) is 73.4 cm³/mol. The molecule has 0 saturated carbocycles. The van der Waals surface area contributed by atoms with Gasteiger partial charge in [-0.3, -0.25) is 4.79 Å². The molecular weight excluding hydrogens is 252 g/mol. The molecule has 2 unspecified atom stereocenters. The van der Waals surface area contributed by atoms with Crippen molar-refractivity contribution in [2.45, 2.75) is 45.7 Å². The van der Waals surface area contributed by atoms with Crippen molar-refractivity contribution < 1.29 is 9.21 Å². The highest BCUT2D eigenvalue weighted by molar-refractivity contribution is 5.93. The van der Waals surface area contributed by atoms with Gasteiger partial charge in [0.25, 0.3) is 5.91 Å². The molecule has 0 aliphatic carbocycles. The Morgan fingerprint density at radius 3 is 2.78 bits per heavy atom. The number of aryl methyl sites for hydroxylation is 2. The predicted octanol–water partition coefficient (Wildman–Crippen LogP) is 2.19. The van der Waals surface area contributed by atoms with Crippen molar-refractivity contribution in [1.82, 2.24) is 10.6 Å². The number of hydrogen-bond acceptors (Lipinski definition) is 3. The molecule has 1 aromatic heterocycles. The second kappa shape index (κ2) is 6.25. The van der Waals surface area contributed by atoms with Crippen molar-refractivity contribution in [3.05, 3.63) is 23.2 Å². The van der Waals surface area contributed by atoms with E-state index >= 15 is 0 Å². The summed E-state index contributed by atoms with van der Waals surface area (Å²) < 4.78 is 5.42. The van der Waals surface area contributed by atoms with E-state index in [1.165, 1.54) is 0 Å². The molecule has 1 aromatic rings. The summed E-state index contributed by atoms with van der Waals surface area (Å²) in [4.78, 5) is 12.0. The van der Waals surface area contributed by atoms with E-state index in [0.29, 0.717) is 11.8 Å². The van der Waals surface area contributed by atoms with E-state index in [1.807, 2.05) is 19.9 Å². The Bertz CT molecular complexity index is 417. The summed E-state index contributed by atoms with van der Waals surface area (Å²) in [5.41, 5.74) is 0.905. The van der Waals surface area contributed by atoms with Gasteiger partial charge in [0.1, 0.15) is 5.76 Å². The summed E-state index contributed by atoms with van der Waals surface area (Å²) in [6, 6.07) is 2.61. The Balaban J connectivity index is 0.00000162. The Morgan fingerprint density at radius 1 is 1.50 bits per heavy atom. The minimum atomic E-state index is -0.0882. The van der Waals surface area contributed by atoms with Crippen molar-refractivity contribution in [1.29, 1.82) is 0 Å². The molecule has 0 bridgehead atoms. The van der Waals surface area contributed by atoms with Crippen LogP contribution in [0.5, 0.6) is 0 Å². The first-order valence-electron chi connectivity index (χ1n) is 6.17. The number of hydrogen-bond donors (Lipinski definition) is 2. The number of carbonyl (C=O) groups excluding carboxylic acids is 1. The van der Waals surface area contributed by atoms with Gasteiger partial charge in [0.15, 0.2) is 5.76 Å². The van der Waals surface area contributed by atoms with Gasteiger partial charge in [0, 0.05) is 17.6 Å². The van der Waals surface area contributed by atoms with E-state index < -0.39 is 0 Å². The molecule has 1 amide bonds. The normalized spacial score (nSPS) is 23.3. The molecule has 5 heteroatoms. The van der Waals surface area contributed by atoms with Gasteiger partial charge in [-0.2, -0.15) is 0 Å². The molecule has 102 valence electrons. The molecule has 0 spiro atoms. The van der Waals surface area contributed by atoms with Crippen LogP contribution in [0, 0.1) is 13.8 Å². The van der Waals surface area contributed by atoms with E-state index in [1.54, 1.807) is 0 Å². The molecule has 0 radical (unpaired) electrons. The van der Waals surface area contributed by atoms with Gasteiger partial charge in [-0.15, -0.1) is 12.4 Å². The average molecular weight is 273 g/mol. The number of amides is 1. The van der Waals surface area contributed by atoms with Crippen LogP contribution in [0.15, 0.2) is 10.5 Å². The molecule has 2 N–H and O–H groups in total. The van der Waals surface area contributed by atoms with Crippen LogP contribution in [0.1, 0.15) is 41.6 Å². The van der Waals surface area contributed by atoms with Crippen LogP contribution in [0.4, 0.5) is 0 Å². The third kappa shape index (κ3) is 3.50. The van der Waals surface area contributed by atoms with Crippen LogP contribution >= 0.6 is 12.4 Å². The van der Waals surface area contributed by atoms with Crippen molar-refractivity contribution in [3.63, 3.8) is 0 Å². The lowest BCUT2D eigenvalue weighted by Gasteiger charge is -2.28. The van der Waals surface area contributed by atoms with Crippen LogP contribution < -0.4 is 10.6 Å². The molecule has 4 nitrogen and oxygen atoms in total. The first kappa shape index (κ1) is 15.1. The molecule has 2 heterocycles. The van der Waals surface area contributed by atoms with Gasteiger partial charge in [-0.25, -0.2) is 0 Å². The molecular formula is C13H21ClN2O2. The molecule has 2 atom stereocenters. The summed E-state index contributed by atoms with van der Waals surface area (Å²) in [5.74, 6) is 1.15. The number of furan rings is 1. The molecule has 18 heavy (non-hydrogen) atoms. The van der Waals surface area contributed by atoms with E-state index in [2.05, 4.69) is 17.6 Å². The Hall–Kier alpha value is -1.00. The Morgan fingerprint density at radius 2 is 2.22 bits per heavy atom. The lowest BCUT2D eigenvalue weighted by Crippen LogP contribution is -2.46. The first-order chi connectivity index (χ1) is 8.06. The Labute approximate surface area is 114 Å². The monoisotopic (exact) mass is 272 g/mol. The van der Waals surface area contributed by atoms with Crippen molar-refractivity contribution in [2.24, 2.45) is 0 Å². The number of carbonyl (C=O) groups is 1. The number of halogens is 1. The van der Waals surface area contributed by atoms with Gasteiger partial charge in [0.2, 0.25) is 0 Å². The molecule has 1 fully saturated rings. The average Bonchev–Trinajstić information content (AvgIpc) is 2.58. The number of piperidine rings is 1. The summed E-state index contributed by atoms with van der Waals surface area (Å²) in [6.45, 7) is 6.86. The highest BCUT2D eigenvalue weighted by Crippen LogP contribution is 2.15. The van der Waals surface area contributed by atoms with E-state index in [-0.39, 0.29) is 24.4 Å². The quantitative estimate of drug-likeness (QED) is 0.868. The van der Waals surface area contributed by atoms with Crippen molar-refractivity contribution in [2.75, 3.05) is 6.54 Å². The smallest absolute Gasteiger partial charge is 0.287 e. The van der Waals surface area contributed by atoms with E-state index in [0.717, 1.165) is 30.7 Å². The fourth-order valence-electron chi connectivity index (χ4n) is 2.38.